The molecule has 0 unspecified atom stereocenters. The van der Waals surface area contributed by atoms with Crippen LogP contribution in [0.25, 0.3) is 0 Å². The van der Waals surface area contributed by atoms with Crippen LogP contribution in [0.4, 0.5) is 0 Å². The van der Waals surface area contributed by atoms with E-state index in [1.165, 1.54) is 6.07 Å². The second-order valence-electron chi connectivity index (χ2n) is 6.29. The largest absolute Gasteiger partial charge is 0.495 e. The second kappa shape index (κ2) is 4.96. The molecule has 0 aromatic heterocycles. The van der Waals surface area contributed by atoms with Gasteiger partial charge in [-0.3, -0.25) is 4.79 Å². The van der Waals surface area contributed by atoms with Crippen LogP contribution in [-0.2, 0) is 9.31 Å². The number of carbonyl (C=O) groups is 2. The van der Waals surface area contributed by atoms with Gasteiger partial charge in [-0.2, -0.15) is 0 Å². The molecule has 1 N–H and O–H groups in total. The highest BCUT2D eigenvalue weighted by atomic mass is 16.7. The molecule has 2 rings (SSSR count). The van der Waals surface area contributed by atoms with Crippen molar-refractivity contribution >= 4 is 24.8 Å². The molecule has 0 saturated carbocycles. The summed E-state index contributed by atoms with van der Waals surface area (Å²) in [5.41, 5.74) is 0.462. The van der Waals surface area contributed by atoms with Crippen LogP contribution in [0, 0.1) is 6.92 Å². The van der Waals surface area contributed by atoms with Crippen molar-refractivity contribution in [2.24, 2.45) is 0 Å². The lowest BCUT2D eigenvalue weighted by molar-refractivity contribution is 0.00578. The van der Waals surface area contributed by atoms with E-state index in [9.17, 15) is 14.7 Å². The zero-order chi connectivity index (χ0) is 16.0. The van der Waals surface area contributed by atoms with Gasteiger partial charge in [0.25, 0.3) is 0 Å². The molecule has 1 aromatic carbocycles. The second-order valence-corrected chi connectivity index (χ2v) is 6.29. The Morgan fingerprint density at radius 1 is 1.19 bits per heavy atom. The molecular formula is C15H19BO5. The lowest BCUT2D eigenvalue weighted by atomic mass is 9.74. The van der Waals surface area contributed by atoms with Crippen LogP contribution < -0.4 is 5.46 Å². The first kappa shape index (κ1) is 15.7. The molecule has 0 amide bonds. The molecular weight excluding hydrogens is 271 g/mol. The third kappa shape index (κ3) is 2.61. The minimum absolute atomic E-state index is 0.0873. The summed E-state index contributed by atoms with van der Waals surface area (Å²) < 4.78 is 11.9. The average molecular weight is 290 g/mol. The first-order valence-electron chi connectivity index (χ1n) is 6.78. The van der Waals surface area contributed by atoms with Gasteiger partial charge in [-0.1, -0.05) is 6.07 Å². The Morgan fingerprint density at radius 2 is 1.71 bits per heavy atom. The van der Waals surface area contributed by atoms with E-state index < -0.39 is 24.3 Å². The van der Waals surface area contributed by atoms with Crippen molar-refractivity contribution in [2.75, 3.05) is 0 Å². The molecule has 112 valence electrons. The summed E-state index contributed by atoms with van der Waals surface area (Å²) in [5, 5.41) is 9.26. The van der Waals surface area contributed by atoms with Gasteiger partial charge in [-0.25, -0.2) is 4.79 Å². The van der Waals surface area contributed by atoms with E-state index >= 15 is 0 Å². The molecule has 0 aliphatic carbocycles. The van der Waals surface area contributed by atoms with E-state index in [1.54, 1.807) is 13.0 Å². The Kier molecular flexibility index (Phi) is 3.72. The summed E-state index contributed by atoms with van der Waals surface area (Å²) in [4.78, 5) is 22.4. The molecule has 6 heteroatoms. The summed E-state index contributed by atoms with van der Waals surface area (Å²) in [6, 6.07) is 2.98. The number of hydrogen-bond donors (Lipinski definition) is 1. The Bertz CT molecular complexity index is 590. The SMILES string of the molecule is Cc1c(B2OC(C)(C)C(C)(C)O2)cc(C=O)cc1C(=O)O. The molecule has 0 bridgehead atoms. The highest BCUT2D eigenvalue weighted by Crippen LogP contribution is 2.36. The molecule has 1 saturated heterocycles. The Morgan fingerprint density at radius 3 is 2.14 bits per heavy atom. The summed E-state index contributed by atoms with van der Waals surface area (Å²) in [5.74, 6) is -1.08. The molecule has 21 heavy (non-hydrogen) atoms. The van der Waals surface area contributed by atoms with E-state index in [-0.39, 0.29) is 5.56 Å². The Hall–Kier alpha value is -1.66. The van der Waals surface area contributed by atoms with Crippen molar-refractivity contribution in [3.63, 3.8) is 0 Å². The fraction of sp³-hybridized carbons (Fsp3) is 0.467. The maximum absolute atomic E-state index is 11.3. The highest BCUT2D eigenvalue weighted by Gasteiger charge is 2.52. The lowest BCUT2D eigenvalue weighted by Crippen LogP contribution is -2.41. The maximum atomic E-state index is 11.3. The molecule has 0 radical (unpaired) electrons. The predicted molar refractivity (Wildman–Crippen MR) is 79.2 cm³/mol. The van der Waals surface area contributed by atoms with E-state index in [1.807, 2.05) is 27.7 Å². The normalized spacial score (nSPS) is 19.6. The number of aromatic carboxylic acids is 1. The van der Waals surface area contributed by atoms with Gasteiger partial charge in [0, 0.05) is 5.56 Å². The molecule has 1 aromatic rings. The van der Waals surface area contributed by atoms with Gasteiger partial charge in [0.05, 0.1) is 16.8 Å². The minimum Gasteiger partial charge on any atom is -0.478 e. The molecule has 1 heterocycles. The predicted octanol–water partition coefficient (Wildman–Crippen LogP) is 1.80. The molecule has 1 aliphatic heterocycles. The highest BCUT2D eigenvalue weighted by molar-refractivity contribution is 6.63. The van der Waals surface area contributed by atoms with Crippen molar-refractivity contribution in [1.82, 2.24) is 0 Å². The molecule has 1 aliphatic rings. The Labute approximate surface area is 124 Å². The summed E-state index contributed by atoms with van der Waals surface area (Å²) >= 11 is 0. The first-order chi connectivity index (χ1) is 9.59. The van der Waals surface area contributed by atoms with Gasteiger partial charge in [-0.05, 0) is 51.7 Å². The van der Waals surface area contributed by atoms with Crippen LogP contribution in [0.2, 0.25) is 0 Å². The third-order valence-corrected chi connectivity index (χ3v) is 4.34. The zero-order valence-electron chi connectivity index (χ0n) is 12.9. The molecule has 0 atom stereocenters. The number of carbonyl (C=O) groups excluding carboxylic acids is 1. The summed E-state index contributed by atoms with van der Waals surface area (Å²) in [7, 11) is -0.687. The van der Waals surface area contributed by atoms with Crippen molar-refractivity contribution in [3.05, 3.63) is 28.8 Å². The molecule has 0 spiro atoms. The molecule has 1 fully saturated rings. The van der Waals surface area contributed by atoms with Crippen LogP contribution >= 0.6 is 0 Å². The van der Waals surface area contributed by atoms with Crippen LogP contribution in [0.5, 0.6) is 0 Å². The van der Waals surface area contributed by atoms with Crippen molar-refractivity contribution in [3.8, 4) is 0 Å². The van der Waals surface area contributed by atoms with Gasteiger partial charge >= 0.3 is 13.1 Å². The van der Waals surface area contributed by atoms with Crippen molar-refractivity contribution in [1.29, 1.82) is 0 Å². The van der Waals surface area contributed by atoms with E-state index in [4.69, 9.17) is 9.31 Å². The monoisotopic (exact) mass is 290 g/mol. The number of carboxylic acids is 1. The quantitative estimate of drug-likeness (QED) is 0.679. The Balaban J connectivity index is 2.53. The number of aldehydes is 1. The number of rotatable bonds is 3. The van der Waals surface area contributed by atoms with Crippen LogP contribution in [0.1, 0.15) is 54.0 Å². The standard InChI is InChI=1S/C15H19BO5/c1-9-11(13(18)19)6-10(8-17)7-12(9)16-20-14(2,3)15(4,5)21-16/h6-8H,1-5H3,(H,18,19). The van der Waals surface area contributed by atoms with Crippen molar-refractivity contribution < 1.29 is 24.0 Å². The van der Waals surface area contributed by atoms with Crippen LogP contribution in [-0.4, -0.2) is 35.7 Å². The average Bonchev–Trinajstić information content (AvgIpc) is 2.58. The first-order valence-corrected chi connectivity index (χ1v) is 6.78. The third-order valence-electron chi connectivity index (χ3n) is 4.34. The number of hydrogen-bond acceptors (Lipinski definition) is 4. The number of carboxylic acid groups (broad SMARTS) is 1. The van der Waals surface area contributed by atoms with Gasteiger partial charge in [0.15, 0.2) is 0 Å². The van der Waals surface area contributed by atoms with Gasteiger partial charge in [0.2, 0.25) is 0 Å². The molecule has 5 nitrogen and oxygen atoms in total. The lowest BCUT2D eigenvalue weighted by Gasteiger charge is -2.32. The van der Waals surface area contributed by atoms with Crippen LogP contribution in [0.3, 0.4) is 0 Å². The number of benzene rings is 1. The van der Waals surface area contributed by atoms with Gasteiger partial charge in [-0.15, -0.1) is 0 Å². The van der Waals surface area contributed by atoms with E-state index in [2.05, 4.69) is 0 Å². The summed E-state index contributed by atoms with van der Waals surface area (Å²) in [6.45, 7) is 9.38. The summed E-state index contributed by atoms with van der Waals surface area (Å²) in [6.07, 6.45) is 0.626. The van der Waals surface area contributed by atoms with E-state index in [0.29, 0.717) is 22.9 Å². The topological polar surface area (TPSA) is 72.8 Å². The van der Waals surface area contributed by atoms with Gasteiger partial charge < -0.3 is 14.4 Å². The minimum atomic E-state index is -1.08. The maximum Gasteiger partial charge on any atom is 0.495 e. The fourth-order valence-electron chi connectivity index (χ4n) is 2.26. The zero-order valence-corrected chi connectivity index (χ0v) is 12.9. The van der Waals surface area contributed by atoms with Gasteiger partial charge in [0.1, 0.15) is 6.29 Å². The smallest absolute Gasteiger partial charge is 0.478 e. The fourth-order valence-corrected chi connectivity index (χ4v) is 2.26. The van der Waals surface area contributed by atoms with Crippen molar-refractivity contribution in [2.45, 2.75) is 45.8 Å². The van der Waals surface area contributed by atoms with E-state index in [0.717, 1.165) is 0 Å². The van der Waals surface area contributed by atoms with Crippen LogP contribution in [0.15, 0.2) is 12.1 Å².